The minimum Gasteiger partial charge on any atom is -0.484 e. The molecular formula is C20H19NO8. The van der Waals surface area contributed by atoms with E-state index in [1.807, 2.05) is 0 Å². The van der Waals surface area contributed by atoms with Crippen LogP contribution in [0, 0.1) is 0 Å². The highest BCUT2D eigenvalue weighted by Crippen LogP contribution is 2.20. The van der Waals surface area contributed by atoms with Crippen molar-refractivity contribution in [2.24, 2.45) is 0 Å². The number of carbonyl (C=O) groups excluding carboxylic acids is 4. The van der Waals surface area contributed by atoms with Crippen LogP contribution in [-0.2, 0) is 19.0 Å². The van der Waals surface area contributed by atoms with E-state index in [4.69, 9.17) is 4.74 Å². The third-order valence-corrected chi connectivity index (χ3v) is 3.75. The minimum absolute atomic E-state index is 0.0567. The summed E-state index contributed by atoms with van der Waals surface area (Å²) in [6, 6.07) is 10.1. The fourth-order valence-electron chi connectivity index (χ4n) is 2.35. The molecule has 9 heteroatoms. The van der Waals surface area contributed by atoms with E-state index in [1.165, 1.54) is 45.6 Å². The Hall–Kier alpha value is -3.88. The number of rotatable bonds is 7. The SMILES string of the molecule is COC(=O)c1cccc(OCC(=O)Nc2cc(C(=O)OC)ccc2C(=O)OC)c1. The molecule has 0 aliphatic rings. The van der Waals surface area contributed by atoms with Gasteiger partial charge in [-0.05, 0) is 36.4 Å². The number of anilines is 1. The van der Waals surface area contributed by atoms with Gasteiger partial charge in [0, 0.05) is 0 Å². The predicted molar refractivity (Wildman–Crippen MR) is 101 cm³/mol. The molecule has 0 unspecified atom stereocenters. The van der Waals surface area contributed by atoms with E-state index in [2.05, 4.69) is 19.5 Å². The first-order valence-corrected chi connectivity index (χ1v) is 8.31. The van der Waals surface area contributed by atoms with Crippen LogP contribution in [0.3, 0.4) is 0 Å². The van der Waals surface area contributed by atoms with Gasteiger partial charge in [-0.3, -0.25) is 4.79 Å². The number of hydrogen-bond acceptors (Lipinski definition) is 8. The molecule has 2 aromatic rings. The highest BCUT2D eigenvalue weighted by Gasteiger charge is 2.17. The fourth-order valence-corrected chi connectivity index (χ4v) is 2.35. The molecule has 0 bridgehead atoms. The summed E-state index contributed by atoms with van der Waals surface area (Å²) in [5.41, 5.74) is 0.532. The zero-order valence-electron chi connectivity index (χ0n) is 16.0. The summed E-state index contributed by atoms with van der Waals surface area (Å²) in [5.74, 6) is -2.18. The molecular weight excluding hydrogens is 382 g/mol. The summed E-state index contributed by atoms with van der Waals surface area (Å²) in [6.45, 7) is -0.409. The smallest absolute Gasteiger partial charge is 0.339 e. The molecule has 29 heavy (non-hydrogen) atoms. The van der Waals surface area contributed by atoms with Gasteiger partial charge in [0.05, 0.1) is 43.7 Å². The quantitative estimate of drug-likeness (QED) is 0.553. The second-order valence-electron chi connectivity index (χ2n) is 5.60. The number of amides is 1. The summed E-state index contributed by atoms with van der Waals surface area (Å²) in [6.07, 6.45) is 0. The molecule has 9 nitrogen and oxygen atoms in total. The maximum absolute atomic E-state index is 12.3. The van der Waals surface area contributed by atoms with Crippen LogP contribution in [0.4, 0.5) is 5.69 Å². The second-order valence-corrected chi connectivity index (χ2v) is 5.60. The monoisotopic (exact) mass is 401 g/mol. The maximum atomic E-state index is 12.3. The van der Waals surface area contributed by atoms with Crippen LogP contribution in [0.2, 0.25) is 0 Å². The molecule has 2 aromatic carbocycles. The molecule has 0 radical (unpaired) electrons. The summed E-state index contributed by atoms with van der Waals surface area (Å²) in [5, 5.41) is 2.50. The number of hydrogen-bond donors (Lipinski definition) is 1. The highest BCUT2D eigenvalue weighted by atomic mass is 16.5. The van der Waals surface area contributed by atoms with Crippen LogP contribution >= 0.6 is 0 Å². The van der Waals surface area contributed by atoms with Gasteiger partial charge in [0.2, 0.25) is 0 Å². The maximum Gasteiger partial charge on any atom is 0.339 e. The van der Waals surface area contributed by atoms with Crippen LogP contribution in [0.15, 0.2) is 42.5 Å². The van der Waals surface area contributed by atoms with Crippen molar-refractivity contribution in [1.29, 1.82) is 0 Å². The van der Waals surface area contributed by atoms with Crippen molar-refractivity contribution in [3.05, 3.63) is 59.2 Å². The van der Waals surface area contributed by atoms with Gasteiger partial charge in [0.25, 0.3) is 5.91 Å². The number of benzene rings is 2. The molecule has 0 atom stereocenters. The molecule has 0 saturated heterocycles. The Morgan fingerprint density at radius 1 is 0.793 bits per heavy atom. The molecule has 0 saturated carbocycles. The van der Waals surface area contributed by atoms with E-state index in [9.17, 15) is 19.2 Å². The zero-order valence-corrected chi connectivity index (χ0v) is 16.0. The van der Waals surface area contributed by atoms with Crippen molar-refractivity contribution in [2.75, 3.05) is 33.3 Å². The molecule has 152 valence electrons. The van der Waals surface area contributed by atoms with Gasteiger partial charge >= 0.3 is 17.9 Å². The molecule has 0 aliphatic heterocycles. The Morgan fingerprint density at radius 3 is 2.03 bits per heavy atom. The van der Waals surface area contributed by atoms with Gasteiger partial charge in [0.1, 0.15) is 5.75 Å². The molecule has 0 spiro atoms. The number of esters is 3. The van der Waals surface area contributed by atoms with Crippen molar-refractivity contribution in [3.63, 3.8) is 0 Å². The first-order chi connectivity index (χ1) is 13.9. The second kappa shape index (κ2) is 9.88. The number of nitrogens with one attached hydrogen (secondary N) is 1. The molecule has 0 fully saturated rings. The van der Waals surface area contributed by atoms with Gasteiger partial charge in [-0.1, -0.05) is 6.07 Å². The van der Waals surface area contributed by atoms with E-state index in [0.29, 0.717) is 0 Å². The van der Waals surface area contributed by atoms with Crippen molar-refractivity contribution in [1.82, 2.24) is 0 Å². The van der Waals surface area contributed by atoms with Crippen LogP contribution in [0.5, 0.6) is 5.75 Å². The first-order valence-electron chi connectivity index (χ1n) is 8.31. The van der Waals surface area contributed by atoms with Crippen molar-refractivity contribution >= 4 is 29.5 Å². The van der Waals surface area contributed by atoms with Crippen LogP contribution in [0.1, 0.15) is 31.1 Å². The Morgan fingerprint density at radius 2 is 1.41 bits per heavy atom. The molecule has 0 aliphatic carbocycles. The summed E-state index contributed by atoms with van der Waals surface area (Å²) in [7, 11) is 3.66. The zero-order chi connectivity index (χ0) is 21.4. The summed E-state index contributed by atoms with van der Waals surface area (Å²) < 4.78 is 19.3. The molecule has 0 aromatic heterocycles. The van der Waals surface area contributed by atoms with E-state index >= 15 is 0 Å². The largest absolute Gasteiger partial charge is 0.484 e. The number of ether oxygens (including phenoxy) is 4. The Bertz CT molecular complexity index is 938. The lowest BCUT2D eigenvalue weighted by atomic mass is 10.1. The van der Waals surface area contributed by atoms with E-state index in [0.717, 1.165) is 0 Å². The Labute approximate surface area is 166 Å². The highest BCUT2D eigenvalue weighted by molar-refractivity contribution is 6.03. The Kier molecular flexibility index (Phi) is 7.30. The topological polar surface area (TPSA) is 117 Å². The lowest BCUT2D eigenvalue weighted by Gasteiger charge is -2.12. The lowest BCUT2D eigenvalue weighted by molar-refractivity contribution is -0.118. The third kappa shape index (κ3) is 5.55. The normalized spacial score (nSPS) is 9.90. The molecule has 0 heterocycles. The van der Waals surface area contributed by atoms with Crippen molar-refractivity contribution in [2.45, 2.75) is 0 Å². The molecule has 1 amide bonds. The van der Waals surface area contributed by atoms with Crippen LogP contribution in [0.25, 0.3) is 0 Å². The van der Waals surface area contributed by atoms with Gasteiger partial charge in [-0.25, -0.2) is 14.4 Å². The van der Waals surface area contributed by atoms with Crippen LogP contribution < -0.4 is 10.1 Å². The van der Waals surface area contributed by atoms with Gasteiger partial charge in [0.15, 0.2) is 6.61 Å². The van der Waals surface area contributed by atoms with Gasteiger partial charge < -0.3 is 24.3 Å². The van der Waals surface area contributed by atoms with Gasteiger partial charge in [-0.2, -0.15) is 0 Å². The molecule has 1 N–H and O–H groups in total. The summed E-state index contributed by atoms with van der Waals surface area (Å²) >= 11 is 0. The van der Waals surface area contributed by atoms with Gasteiger partial charge in [-0.15, -0.1) is 0 Å². The van der Waals surface area contributed by atoms with E-state index in [1.54, 1.807) is 18.2 Å². The molecule has 2 rings (SSSR count). The van der Waals surface area contributed by atoms with E-state index < -0.39 is 30.4 Å². The average Bonchev–Trinajstić information content (AvgIpc) is 2.76. The summed E-state index contributed by atoms with van der Waals surface area (Å²) in [4.78, 5) is 47.4. The van der Waals surface area contributed by atoms with Crippen molar-refractivity contribution < 1.29 is 38.1 Å². The third-order valence-electron chi connectivity index (χ3n) is 3.75. The van der Waals surface area contributed by atoms with Crippen molar-refractivity contribution in [3.8, 4) is 5.75 Å². The lowest BCUT2D eigenvalue weighted by Crippen LogP contribution is -2.22. The van der Waals surface area contributed by atoms with E-state index in [-0.39, 0.29) is 28.1 Å². The average molecular weight is 401 g/mol. The number of carbonyl (C=O) groups is 4. The minimum atomic E-state index is -0.691. The number of methoxy groups -OCH3 is 3. The predicted octanol–water partition coefficient (Wildman–Crippen LogP) is 2.06. The fraction of sp³-hybridized carbons (Fsp3) is 0.200. The Balaban J connectivity index is 2.14. The standard InChI is InChI=1S/C20H19NO8/c1-26-18(23)12-5-4-6-14(9-12)29-11-17(22)21-16-10-13(19(24)27-2)7-8-15(16)20(25)28-3/h4-10H,11H2,1-3H3,(H,21,22). The first kappa shape index (κ1) is 21.4. The van der Waals surface area contributed by atoms with Crippen LogP contribution in [-0.4, -0.2) is 51.8 Å².